The van der Waals surface area contributed by atoms with E-state index in [1.807, 2.05) is 11.8 Å². The summed E-state index contributed by atoms with van der Waals surface area (Å²) in [5.74, 6) is 0.680. The minimum Gasteiger partial charge on any atom is -0.381 e. The van der Waals surface area contributed by atoms with Crippen LogP contribution in [-0.4, -0.2) is 50.2 Å². The summed E-state index contributed by atoms with van der Waals surface area (Å²) >= 11 is 0. The van der Waals surface area contributed by atoms with Gasteiger partial charge in [-0.2, -0.15) is 0 Å². The number of carbonyl (C=O) groups excluding carboxylic acids is 1. The van der Waals surface area contributed by atoms with Crippen molar-refractivity contribution in [3.8, 4) is 0 Å². The zero-order valence-corrected chi connectivity index (χ0v) is 10.1. The smallest absolute Gasteiger partial charge is 0.236 e. The van der Waals surface area contributed by atoms with Crippen LogP contribution in [0.25, 0.3) is 0 Å². The summed E-state index contributed by atoms with van der Waals surface area (Å²) in [6.07, 6.45) is 2.83. The highest BCUT2D eigenvalue weighted by Gasteiger charge is 2.20. The lowest BCUT2D eigenvalue weighted by Crippen LogP contribution is -2.40. The lowest BCUT2D eigenvalue weighted by atomic mass is 10.1. The molecule has 1 saturated heterocycles. The van der Waals surface area contributed by atoms with Gasteiger partial charge in [0.15, 0.2) is 0 Å². The Morgan fingerprint density at radius 1 is 1.69 bits per heavy atom. The van der Waals surface area contributed by atoms with E-state index in [9.17, 15) is 4.79 Å². The van der Waals surface area contributed by atoms with E-state index in [1.165, 1.54) is 0 Å². The summed E-state index contributed by atoms with van der Waals surface area (Å²) in [5.41, 5.74) is 0. The molecule has 4 heteroatoms. The van der Waals surface area contributed by atoms with Crippen molar-refractivity contribution in [2.75, 3.05) is 39.4 Å². The Morgan fingerprint density at radius 3 is 3.06 bits per heavy atom. The Kier molecular flexibility index (Phi) is 6.11. The molecular weight excluding hydrogens is 204 g/mol. The Morgan fingerprint density at radius 2 is 2.50 bits per heavy atom. The third kappa shape index (κ3) is 4.33. The van der Waals surface area contributed by atoms with Gasteiger partial charge in [-0.15, -0.1) is 6.58 Å². The number of nitrogens with zero attached hydrogens (tertiary/aromatic N) is 1. The van der Waals surface area contributed by atoms with Gasteiger partial charge in [0.1, 0.15) is 0 Å². The summed E-state index contributed by atoms with van der Waals surface area (Å²) in [7, 11) is 0. The summed E-state index contributed by atoms with van der Waals surface area (Å²) in [5, 5.41) is 3.03. The standard InChI is InChI=1S/C12H22N2O2/c1-3-6-13-8-12(15)14(4-2)9-11-5-7-16-10-11/h3,11,13H,1,4-10H2,2H3. The van der Waals surface area contributed by atoms with Gasteiger partial charge in [0.2, 0.25) is 5.91 Å². The van der Waals surface area contributed by atoms with Crippen molar-refractivity contribution in [2.45, 2.75) is 13.3 Å². The van der Waals surface area contributed by atoms with Crippen LogP contribution in [0.2, 0.25) is 0 Å². The number of carbonyl (C=O) groups is 1. The van der Waals surface area contributed by atoms with Crippen molar-refractivity contribution < 1.29 is 9.53 Å². The van der Waals surface area contributed by atoms with Crippen LogP contribution < -0.4 is 5.32 Å². The molecule has 1 N–H and O–H groups in total. The Hall–Kier alpha value is -0.870. The van der Waals surface area contributed by atoms with Crippen LogP contribution in [0.4, 0.5) is 0 Å². The molecule has 1 aliphatic heterocycles. The molecule has 4 nitrogen and oxygen atoms in total. The van der Waals surface area contributed by atoms with Crippen molar-refractivity contribution >= 4 is 5.91 Å². The topological polar surface area (TPSA) is 41.6 Å². The molecule has 16 heavy (non-hydrogen) atoms. The zero-order valence-electron chi connectivity index (χ0n) is 10.1. The van der Waals surface area contributed by atoms with Gasteiger partial charge in [0.25, 0.3) is 0 Å². The maximum absolute atomic E-state index is 11.8. The van der Waals surface area contributed by atoms with Crippen molar-refractivity contribution in [3.05, 3.63) is 12.7 Å². The Balaban J connectivity index is 2.27. The predicted octanol–water partition coefficient (Wildman–Crippen LogP) is 0.647. The first-order chi connectivity index (χ1) is 7.77. The van der Waals surface area contributed by atoms with E-state index < -0.39 is 0 Å². The molecule has 1 amide bonds. The van der Waals surface area contributed by atoms with Crippen LogP contribution in [0.15, 0.2) is 12.7 Å². The van der Waals surface area contributed by atoms with Gasteiger partial charge in [-0.05, 0) is 13.3 Å². The minimum absolute atomic E-state index is 0.163. The highest BCUT2D eigenvalue weighted by Crippen LogP contribution is 2.13. The largest absolute Gasteiger partial charge is 0.381 e. The molecular formula is C12H22N2O2. The number of nitrogens with one attached hydrogen (secondary N) is 1. The molecule has 0 spiro atoms. The summed E-state index contributed by atoms with van der Waals surface area (Å²) < 4.78 is 5.31. The van der Waals surface area contributed by atoms with Crippen LogP contribution in [0.5, 0.6) is 0 Å². The highest BCUT2D eigenvalue weighted by atomic mass is 16.5. The minimum atomic E-state index is 0.163. The van der Waals surface area contributed by atoms with Gasteiger partial charge in [-0.25, -0.2) is 0 Å². The average molecular weight is 226 g/mol. The predicted molar refractivity (Wildman–Crippen MR) is 64.2 cm³/mol. The second-order valence-electron chi connectivity index (χ2n) is 4.08. The molecule has 0 aromatic carbocycles. The normalized spacial score (nSPS) is 19.7. The van der Waals surface area contributed by atoms with Crippen molar-refractivity contribution in [3.63, 3.8) is 0 Å². The quantitative estimate of drug-likeness (QED) is 0.512. The van der Waals surface area contributed by atoms with Crippen LogP contribution >= 0.6 is 0 Å². The third-order valence-corrected chi connectivity index (χ3v) is 2.80. The molecule has 0 aromatic heterocycles. The number of ether oxygens (including phenoxy) is 1. The molecule has 1 unspecified atom stereocenters. The Labute approximate surface area is 97.6 Å². The number of amides is 1. The van der Waals surface area contributed by atoms with Crippen molar-refractivity contribution in [1.82, 2.24) is 10.2 Å². The highest BCUT2D eigenvalue weighted by molar-refractivity contribution is 5.78. The van der Waals surface area contributed by atoms with Gasteiger partial charge >= 0.3 is 0 Å². The lowest BCUT2D eigenvalue weighted by molar-refractivity contribution is -0.130. The monoisotopic (exact) mass is 226 g/mol. The van der Waals surface area contributed by atoms with Gasteiger partial charge in [0.05, 0.1) is 13.2 Å². The van der Waals surface area contributed by atoms with E-state index in [0.29, 0.717) is 19.0 Å². The van der Waals surface area contributed by atoms with Gasteiger partial charge in [0, 0.05) is 32.2 Å². The fraction of sp³-hybridized carbons (Fsp3) is 0.750. The third-order valence-electron chi connectivity index (χ3n) is 2.80. The molecule has 1 fully saturated rings. The first-order valence-electron chi connectivity index (χ1n) is 5.95. The molecule has 0 radical (unpaired) electrons. The number of hydrogen-bond donors (Lipinski definition) is 1. The summed E-state index contributed by atoms with van der Waals surface area (Å²) in [6, 6.07) is 0. The molecule has 0 saturated carbocycles. The molecule has 1 rings (SSSR count). The molecule has 1 atom stereocenters. The van der Waals surface area contributed by atoms with E-state index in [1.54, 1.807) is 6.08 Å². The second kappa shape index (κ2) is 7.41. The molecule has 1 aliphatic rings. The number of likely N-dealkylation sites (N-methyl/N-ethyl adjacent to an activating group) is 1. The number of hydrogen-bond acceptors (Lipinski definition) is 3. The van der Waals surface area contributed by atoms with E-state index in [2.05, 4.69) is 11.9 Å². The molecule has 92 valence electrons. The van der Waals surface area contributed by atoms with Crippen LogP contribution in [0.1, 0.15) is 13.3 Å². The van der Waals surface area contributed by atoms with Crippen LogP contribution in [0.3, 0.4) is 0 Å². The average Bonchev–Trinajstić information content (AvgIpc) is 2.78. The van der Waals surface area contributed by atoms with Gasteiger partial charge in [-0.1, -0.05) is 6.08 Å². The lowest BCUT2D eigenvalue weighted by Gasteiger charge is -2.23. The summed E-state index contributed by atoms with van der Waals surface area (Å²) in [6.45, 7) is 9.92. The van der Waals surface area contributed by atoms with Crippen molar-refractivity contribution in [2.24, 2.45) is 5.92 Å². The maximum atomic E-state index is 11.8. The fourth-order valence-corrected chi connectivity index (χ4v) is 1.84. The molecule has 0 aromatic rings. The van der Waals surface area contributed by atoms with E-state index in [-0.39, 0.29) is 5.91 Å². The van der Waals surface area contributed by atoms with E-state index in [0.717, 1.165) is 32.7 Å². The molecule has 0 aliphatic carbocycles. The SMILES string of the molecule is C=CCNCC(=O)N(CC)CC1CCOC1. The zero-order chi connectivity index (χ0) is 11.8. The van der Waals surface area contributed by atoms with E-state index >= 15 is 0 Å². The maximum Gasteiger partial charge on any atom is 0.236 e. The summed E-state index contributed by atoms with van der Waals surface area (Å²) in [4.78, 5) is 13.7. The van der Waals surface area contributed by atoms with E-state index in [4.69, 9.17) is 4.74 Å². The molecule has 1 heterocycles. The van der Waals surface area contributed by atoms with Crippen LogP contribution in [0, 0.1) is 5.92 Å². The fourth-order valence-electron chi connectivity index (χ4n) is 1.84. The second-order valence-corrected chi connectivity index (χ2v) is 4.08. The first kappa shape index (κ1) is 13.2. The van der Waals surface area contributed by atoms with Gasteiger partial charge < -0.3 is 15.0 Å². The first-order valence-corrected chi connectivity index (χ1v) is 5.95. The van der Waals surface area contributed by atoms with Crippen LogP contribution in [-0.2, 0) is 9.53 Å². The van der Waals surface area contributed by atoms with Gasteiger partial charge in [-0.3, -0.25) is 4.79 Å². The van der Waals surface area contributed by atoms with Crippen molar-refractivity contribution in [1.29, 1.82) is 0 Å². The number of rotatable bonds is 7. The Bertz CT molecular complexity index is 225. The molecule has 0 bridgehead atoms.